The first-order valence-corrected chi connectivity index (χ1v) is 25.1. The number of carbonyl (C=O) groups is 2. The molecule has 0 unspecified atom stereocenters. The molecule has 1 saturated heterocycles. The zero-order chi connectivity index (χ0) is 49.9. The second-order valence-electron chi connectivity index (χ2n) is 21.0. The number of fused-ring (bicyclic) bond motifs is 2. The Bertz CT molecular complexity index is 2920. The topological polar surface area (TPSA) is 154 Å². The second-order valence-corrected chi connectivity index (χ2v) is 21.5. The third kappa shape index (κ3) is 9.13. The minimum absolute atomic E-state index is 0.0158. The highest BCUT2D eigenvalue weighted by atomic mass is 35.5. The number of nitriles is 1. The third-order valence-corrected chi connectivity index (χ3v) is 15.9. The van der Waals surface area contributed by atoms with Gasteiger partial charge in [0.1, 0.15) is 17.9 Å². The largest absolute Gasteiger partial charge is 0.489 e. The Morgan fingerprint density at radius 3 is 2.39 bits per heavy atom. The van der Waals surface area contributed by atoms with Crippen molar-refractivity contribution in [1.82, 2.24) is 44.6 Å². The predicted octanol–water partition coefficient (Wildman–Crippen LogP) is 8.61. The van der Waals surface area contributed by atoms with Gasteiger partial charge >= 0.3 is 0 Å². The number of likely N-dealkylation sites (tertiary alicyclic amines) is 1. The zero-order valence-corrected chi connectivity index (χ0v) is 42.0. The number of amides is 2. The number of carbonyl (C=O) groups excluding carboxylic acids is 2. The summed E-state index contributed by atoms with van der Waals surface area (Å²) in [6, 6.07) is 10.7. The van der Waals surface area contributed by atoms with Crippen molar-refractivity contribution < 1.29 is 23.1 Å². The predicted molar refractivity (Wildman–Crippen MR) is 267 cm³/mol. The van der Waals surface area contributed by atoms with E-state index in [0.29, 0.717) is 71.6 Å². The Hall–Kier alpha value is -6.38. The van der Waals surface area contributed by atoms with Crippen molar-refractivity contribution in [3.05, 3.63) is 105 Å². The van der Waals surface area contributed by atoms with E-state index in [9.17, 15) is 23.6 Å². The summed E-state index contributed by atoms with van der Waals surface area (Å²) in [4.78, 5) is 44.1. The Balaban J connectivity index is 0.762. The summed E-state index contributed by atoms with van der Waals surface area (Å²) in [5.41, 5.74) is 6.45. The van der Waals surface area contributed by atoms with Crippen molar-refractivity contribution in [3.63, 3.8) is 0 Å². The highest BCUT2D eigenvalue weighted by Gasteiger charge is 2.64. The molecule has 2 amide bonds. The van der Waals surface area contributed by atoms with Crippen LogP contribution in [0.1, 0.15) is 111 Å². The van der Waals surface area contributed by atoms with Gasteiger partial charge in [-0.3, -0.25) is 23.9 Å². The van der Waals surface area contributed by atoms with Gasteiger partial charge in [0.05, 0.1) is 34.9 Å². The number of halogens is 3. The number of piperidine rings is 1. The summed E-state index contributed by atoms with van der Waals surface area (Å²) in [5.74, 6) is 1.71. The van der Waals surface area contributed by atoms with Gasteiger partial charge in [-0.2, -0.15) is 15.5 Å². The molecule has 1 saturated carbocycles. The van der Waals surface area contributed by atoms with Gasteiger partial charge in [0.2, 0.25) is 11.9 Å². The molecule has 5 aliphatic rings. The second kappa shape index (κ2) is 19.0. The maximum atomic E-state index is 14.8. The molecule has 0 spiro atoms. The molecule has 18 heteroatoms. The summed E-state index contributed by atoms with van der Waals surface area (Å²) in [6.45, 7) is 15.8. The van der Waals surface area contributed by atoms with Crippen LogP contribution in [-0.4, -0.2) is 109 Å². The van der Waals surface area contributed by atoms with Crippen molar-refractivity contribution in [1.29, 1.82) is 5.26 Å². The molecule has 5 aromatic rings. The summed E-state index contributed by atoms with van der Waals surface area (Å²) >= 11 is 6.27. The van der Waals surface area contributed by atoms with Crippen LogP contribution < -0.4 is 19.9 Å². The smallest absolute Gasteiger partial charge is 0.264 e. The first kappa shape index (κ1) is 48.3. The highest BCUT2D eigenvalue weighted by molar-refractivity contribution is 6.31. The monoisotopic (exact) mass is 986 g/mol. The standard InChI is InChI=1S/C53H61ClF2N12O3/c1-32(69)66-21-15-44-42(31-66)47(67-16-7-8-34-22-40(37-28-60-63(6)30-37)41(46(55)56)24-45(34)67)62-68(44)38-13-17-64(18-14-38)29-33-11-19-65(20-12-33)51-58-26-36(27-59-51)48(70)61-49-52(2,3)50(53(49,4)5)71-39-10-9-35(25-57)43(54)23-39/h9-11,22-24,26-28,30,38,46,49-50H,7-8,12-21,29,31H2,1-6H3,(H,61,70). The zero-order valence-electron chi connectivity index (χ0n) is 41.3. The fourth-order valence-corrected chi connectivity index (χ4v) is 12.3. The fraction of sp³-hybridized carbons (Fsp3) is 0.491. The van der Waals surface area contributed by atoms with Crippen molar-refractivity contribution in [2.75, 3.05) is 55.6 Å². The molecular weight excluding hydrogens is 926 g/mol. The molecule has 3 aromatic heterocycles. The molecule has 0 atom stereocenters. The summed E-state index contributed by atoms with van der Waals surface area (Å²) in [7, 11) is 1.79. The molecule has 0 bridgehead atoms. The molecule has 0 radical (unpaired) electrons. The van der Waals surface area contributed by atoms with E-state index in [0.717, 1.165) is 86.6 Å². The van der Waals surface area contributed by atoms with Crippen LogP contribution in [0.4, 0.5) is 26.2 Å². The average molecular weight is 988 g/mol. The summed E-state index contributed by atoms with van der Waals surface area (Å²) in [5, 5.41) is 22.4. The number of alkyl halides is 2. The van der Waals surface area contributed by atoms with Crippen LogP contribution in [0, 0.1) is 22.2 Å². The lowest BCUT2D eigenvalue weighted by Crippen LogP contribution is -2.74. The fourth-order valence-electron chi connectivity index (χ4n) is 12.1. The van der Waals surface area contributed by atoms with E-state index in [-0.39, 0.29) is 35.6 Å². The molecular formula is C53H61ClF2N12O3. The van der Waals surface area contributed by atoms with E-state index in [1.165, 1.54) is 5.57 Å². The lowest BCUT2D eigenvalue weighted by molar-refractivity contribution is -0.164. The molecule has 2 aromatic carbocycles. The number of benzene rings is 2. The van der Waals surface area contributed by atoms with Crippen molar-refractivity contribution in [2.24, 2.45) is 17.9 Å². The minimum atomic E-state index is -2.67. The molecule has 71 heavy (non-hydrogen) atoms. The molecule has 372 valence electrons. The van der Waals surface area contributed by atoms with Crippen LogP contribution >= 0.6 is 11.6 Å². The van der Waals surface area contributed by atoms with Crippen LogP contribution in [0.15, 0.2) is 66.8 Å². The SMILES string of the molecule is CC(=O)N1CCc2c(c(N3CCCc4cc(-c5cnn(C)c5)c(C(F)F)cc43)nn2C2CCN(CC3=CCN(c4ncc(C(=O)NC5C(C)(C)C(Oc6ccc(C#N)c(Cl)c6)C5(C)C)cn4)CC3)CC2)C1. The van der Waals surface area contributed by atoms with Crippen molar-refractivity contribution >= 4 is 40.9 Å². The highest BCUT2D eigenvalue weighted by Crippen LogP contribution is 2.56. The van der Waals surface area contributed by atoms with Gasteiger partial charge in [-0.1, -0.05) is 50.9 Å². The minimum Gasteiger partial charge on any atom is -0.489 e. The van der Waals surface area contributed by atoms with Gasteiger partial charge in [0, 0.05) is 136 Å². The number of nitrogens with one attached hydrogen (secondary N) is 1. The number of ether oxygens (including phenoxy) is 1. The quantitative estimate of drug-likeness (QED) is 0.127. The number of hydrogen-bond donors (Lipinski definition) is 1. The lowest BCUT2D eigenvalue weighted by atomic mass is 9.49. The van der Waals surface area contributed by atoms with Crippen LogP contribution in [-0.2, 0) is 31.2 Å². The molecule has 1 aliphatic carbocycles. The van der Waals surface area contributed by atoms with Crippen molar-refractivity contribution in [2.45, 2.75) is 104 Å². The molecule has 4 aliphatic heterocycles. The molecule has 15 nitrogen and oxygen atoms in total. The number of aromatic nitrogens is 6. The van der Waals surface area contributed by atoms with Gasteiger partial charge in [-0.05, 0) is 67.5 Å². The summed E-state index contributed by atoms with van der Waals surface area (Å²) in [6.07, 6.45) is 11.1. The number of anilines is 3. The molecule has 2 fully saturated rings. The Kier molecular flexibility index (Phi) is 12.9. The number of nitrogens with zero attached hydrogens (tertiary/aromatic N) is 11. The van der Waals surface area contributed by atoms with Gasteiger partial charge in [-0.25, -0.2) is 18.7 Å². The van der Waals surface area contributed by atoms with E-state index in [4.69, 9.17) is 21.4 Å². The van der Waals surface area contributed by atoms with E-state index in [1.807, 2.05) is 11.0 Å². The van der Waals surface area contributed by atoms with E-state index >= 15 is 0 Å². The van der Waals surface area contributed by atoms with Crippen molar-refractivity contribution in [3.8, 4) is 22.9 Å². The normalized spacial score (nSPS) is 21.0. The van der Waals surface area contributed by atoms with Gasteiger partial charge in [-0.15, -0.1) is 0 Å². The Morgan fingerprint density at radius 1 is 0.986 bits per heavy atom. The van der Waals surface area contributed by atoms with E-state index in [2.05, 4.69) is 79.6 Å². The van der Waals surface area contributed by atoms with Crippen LogP contribution in [0.25, 0.3) is 11.1 Å². The maximum Gasteiger partial charge on any atom is 0.264 e. The van der Waals surface area contributed by atoms with Gasteiger partial charge in [0.25, 0.3) is 12.3 Å². The average Bonchev–Trinajstić information content (AvgIpc) is 3.98. The van der Waals surface area contributed by atoms with Gasteiger partial charge < -0.3 is 24.8 Å². The number of aryl methyl sites for hydroxylation is 2. The third-order valence-electron chi connectivity index (χ3n) is 15.6. The molecule has 10 rings (SSSR count). The molecule has 7 heterocycles. The van der Waals surface area contributed by atoms with E-state index in [1.54, 1.807) is 67.7 Å². The van der Waals surface area contributed by atoms with Gasteiger partial charge in [0.15, 0.2) is 5.82 Å². The first-order chi connectivity index (χ1) is 34.0. The Morgan fingerprint density at radius 2 is 1.75 bits per heavy atom. The van der Waals surface area contributed by atoms with Crippen LogP contribution in [0.5, 0.6) is 5.75 Å². The summed E-state index contributed by atoms with van der Waals surface area (Å²) < 4.78 is 39.8. The van der Waals surface area contributed by atoms with Crippen LogP contribution in [0.2, 0.25) is 5.02 Å². The maximum absolute atomic E-state index is 14.8. The number of hydrogen-bond acceptors (Lipinski definition) is 11. The number of rotatable bonds is 11. The molecule has 1 N–H and O–H groups in total. The van der Waals surface area contributed by atoms with E-state index < -0.39 is 17.3 Å². The lowest BCUT2D eigenvalue weighted by Gasteiger charge is -2.63. The Labute approximate surface area is 418 Å². The first-order valence-electron chi connectivity index (χ1n) is 24.7. The van der Waals surface area contributed by atoms with Crippen LogP contribution in [0.3, 0.4) is 0 Å².